The Hall–Kier alpha value is -3.66. The molecule has 0 amide bonds. The van der Waals surface area contributed by atoms with Crippen LogP contribution >= 0.6 is 0 Å². The maximum absolute atomic E-state index is 12.2. The van der Waals surface area contributed by atoms with Gasteiger partial charge in [0.15, 0.2) is 5.69 Å². The zero-order valence-corrected chi connectivity index (χ0v) is 15.6. The minimum absolute atomic E-state index is 0.299. The van der Waals surface area contributed by atoms with Gasteiger partial charge in [-0.2, -0.15) is 5.10 Å². The van der Waals surface area contributed by atoms with Gasteiger partial charge in [-0.05, 0) is 36.2 Å². The molecule has 4 aromatic rings. The van der Waals surface area contributed by atoms with E-state index in [1.54, 1.807) is 17.7 Å². The molecule has 138 valence electrons. The first-order valence-corrected chi connectivity index (χ1v) is 9.24. The molecule has 4 nitrogen and oxygen atoms in total. The van der Waals surface area contributed by atoms with Crippen molar-refractivity contribution in [3.63, 3.8) is 0 Å². The Morgan fingerprint density at radius 1 is 0.821 bits per heavy atom. The molecule has 4 heteroatoms. The van der Waals surface area contributed by atoms with Crippen molar-refractivity contribution < 1.29 is 9.53 Å². The van der Waals surface area contributed by atoms with Gasteiger partial charge in [-0.25, -0.2) is 9.48 Å². The first-order chi connectivity index (χ1) is 13.8. The zero-order chi connectivity index (χ0) is 19.3. The van der Waals surface area contributed by atoms with E-state index in [0.29, 0.717) is 12.3 Å². The van der Waals surface area contributed by atoms with Crippen molar-refractivity contribution in [2.75, 3.05) is 6.61 Å². The van der Waals surface area contributed by atoms with Crippen molar-refractivity contribution in [1.82, 2.24) is 9.78 Å². The van der Waals surface area contributed by atoms with Gasteiger partial charge in [0.2, 0.25) is 0 Å². The molecule has 0 radical (unpaired) electrons. The minimum atomic E-state index is -0.417. The van der Waals surface area contributed by atoms with Crippen LogP contribution in [0.15, 0.2) is 91.0 Å². The summed E-state index contributed by atoms with van der Waals surface area (Å²) in [6, 6.07) is 30.0. The lowest BCUT2D eigenvalue weighted by Gasteiger charge is -2.08. The van der Waals surface area contributed by atoms with Gasteiger partial charge in [-0.3, -0.25) is 0 Å². The van der Waals surface area contributed by atoms with Crippen molar-refractivity contribution in [3.8, 4) is 28.1 Å². The summed E-state index contributed by atoms with van der Waals surface area (Å²) in [5.41, 5.74) is 5.31. The predicted molar refractivity (Wildman–Crippen MR) is 110 cm³/mol. The van der Waals surface area contributed by atoms with Crippen LogP contribution in [0.5, 0.6) is 0 Å². The molecular weight excluding hydrogens is 348 g/mol. The van der Waals surface area contributed by atoms with Gasteiger partial charge >= 0.3 is 5.97 Å². The van der Waals surface area contributed by atoms with E-state index in [0.717, 1.165) is 28.1 Å². The highest BCUT2D eigenvalue weighted by Crippen LogP contribution is 2.27. The van der Waals surface area contributed by atoms with E-state index < -0.39 is 5.97 Å². The summed E-state index contributed by atoms with van der Waals surface area (Å²) in [5, 5.41) is 4.50. The fourth-order valence-corrected chi connectivity index (χ4v) is 3.12. The van der Waals surface area contributed by atoms with Gasteiger partial charge in [0, 0.05) is 5.56 Å². The highest BCUT2D eigenvalue weighted by Gasteiger charge is 2.17. The molecule has 0 aliphatic heterocycles. The van der Waals surface area contributed by atoms with Crippen LogP contribution in [0, 0.1) is 0 Å². The van der Waals surface area contributed by atoms with E-state index in [1.807, 2.05) is 60.7 Å². The fraction of sp³-hybridized carbons (Fsp3) is 0.0833. The summed E-state index contributed by atoms with van der Waals surface area (Å²) in [4.78, 5) is 12.2. The first kappa shape index (κ1) is 17.7. The van der Waals surface area contributed by atoms with Gasteiger partial charge < -0.3 is 4.74 Å². The molecular formula is C24H20N2O2. The van der Waals surface area contributed by atoms with Gasteiger partial charge in [0.1, 0.15) is 0 Å². The third kappa shape index (κ3) is 3.58. The molecule has 0 N–H and O–H groups in total. The zero-order valence-electron chi connectivity index (χ0n) is 15.6. The molecule has 4 rings (SSSR count). The Morgan fingerprint density at radius 2 is 1.39 bits per heavy atom. The largest absolute Gasteiger partial charge is 0.461 e. The Kier molecular flexibility index (Phi) is 5.02. The lowest BCUT2D eigenvalue weighted by atomic mass is 10.0. The van der Waals surface area contributed by atoms with Crippen molar-refractivity contribution in [1.29, 1.82) is 0 Å². The van der Waals surface area contributed by atoms with E-state index in [1.165, 1.54) is 0 Å². The average molecular weight is 368 g/mol. The Bertz CT molecular complexity index is 1070. The smallest absolute Gasteiger partial charge is 0.358 e. The second-order valence-electron chi connectivity index (χ2n) is 6.33. The number of nitrogens with zero attached hydrogens (tertiary/aromatic N) is 2. The molecule has 0 spiro atoms. The first-order valence-electron chi connectivity index (χ1n) is 9.24. The maximum Gasteiger partial charge on any atom is 0.358 e. The van der Waals surface area contributed by atoms with E-state index >= 15 is 0 Å². The van der Waals surface area contributed by atoms with Crippen LogP contribution in [0.2, 0.25) is 0 Å². The summed E-state index contributed by atoms with van der Waals surface area (Å²) >= 11 is 0. The summed E-state index contributed by atoms with van der Waals surface area (Å²) in [6.07, 6.45) is 0. The number of benzene rings is 3. The van der Waals surface area contributed by atoms with Crippen LogP contribution in [0.3, 0.4) is 0 Å². The highest BCUT2D eigenvalue weighted by atomic mass is 16.5. The minimum Gasteiger partial charge on any atom is -0.461 e. The number of hydrogen-bond donors (Lipinski definition) is 0. The normalized spacial score (nSPS) is 10.6. The molecule has 28 heavy (non-hydrogen) atoms. The second kappa shape index (κ2) is 7.92. The van der Waals surface area contributed by atoms with Gasteiger partial charge in [-0.15, -0.1) is 0 Å². The Labute approximate surface area is 164 Å². The van der Waals surface area contributed by atoms with E-state index in [2.05, 4.69) is 29.4 Å². The Morgan fingerprint density at radius 3 is 2.04 bits per heavy atom. The lowest BCUT2D eigenvalue weighted by Crippen LogP contribution is -2.06. The molecule has 0 fully saturated rings. The van der Waals surface area contributed by atoms with Gasteiger partial charge in [0.05, 0.1) is 18.0 Å². The van der Waals surface area contributed by atoms with Crippen LogP contribution in [-0.2, 0) is 4.74 Å². The van der Waals surface area contributed by atoms with E-state index in [-0.39, 0.29) is 0 Å². The fourth-order valence-electron chi connectivity index (χ4n) is 3.12. The lowest BCUT2D eigenvalue weighted by molar-refractivity contribution is 0.0519. The molecule has 0 saturated carbocycles. The molecule has 0 atom stereocenters. The number of para-hydroxylation sites is 1. The summed E-state index contributed by atoms with van der Waals surface area (Å²) in [5.74, 6) is -0.417. The predicted octanol–water partition coefficient (Wildman–Crippen LogP) is 5.38. The Balaban J connectivity index is 1.76. The quantitative estimate of drug-likeness (QED) is 0.444. The molecule has 1 heterocycles. The standard InChI is InChI=1S/C24H20N2O2/c1-2-28-24(27)22-17-23(26(25-22)21-11-7-4-8-12-21)20-15-13-19(14-16-20)18-9-5-3-6-10-18/h3-17H,2H2,1H3. The van der Waals surface area contributed by atoms with E-state index in [9.17, 15) is 4.79 Å². The highest BCUT2D eigenvalue weighted by molar-refractivity contribution is 5.89. The third-order valence-corrected chi connectivity index (χ3v) is 4.48. The molecule has 0 bridgehead atoms. The van der Waals surface area contributed by atoms with Crippen molar-refractivity contribution in [3.05, 3.63) is 96.7 Å². The van der Waals surface area contributed by atoms with Crippen LogP contribution in [0.25, 0.3) is 28.1 Å². The number of carbonyl (C=O) groups is 1. The average Bonchev–Trinajstić information content (AvgIpc) is 3.21. The SMILES string of the molecule is CCOC(=O)c1cc(-c2ccc(-c3ccccc3)cc2)n(-c2ccccc2)n1. The summed E-state index contributed by atoms with van der Waals surface area (Å²) in [6.45, 7) is 2.10. The van der Waals surface area contributed by atoms with Crippen LogP contribution < -0.4 is 0 Å². The van der Waals surface area contributed by atoms with Crippen molar-refractivity contribution >= 4 is 5.97 Å². The van der Waals surface area contributed by atoms with Gasteiger partial charge in [-0.1, -0.05) is 72.8 Å². The van der Waals surface area contributed by atoms with E-state index in [4.69, 9.17) is 4.74 Å². The number of rotatable bonds is 5. The number of ether oxygens (including phenoxy) is 1. The molecule has 0 aliphatic rings. The van der Waals surface area contributed by atoms with Crippen molar-refractivity contribution in [2.24, 2.45) is 0 Å². The van der Waals surface area contributed by atoms with Crippen LogP contribution in [0.1, 0.15) is 17.4 Å². The topological polar surface area (TPSA) is 44.1 Å². The number of esters is 1. The molecule has 0 unspecified atom stereocenters. The van der Waals surface area contributed by atoms with Crippen LogP contribution in [-0.4, -0.2) is 22.4 Å². The molecule has 3 aromatic carbocycles. The molecule has 0 saturated heterocycles. The molecule has 0 aliphatic carbocycles. The number of hydrogen-bond acceptors (Lipinski definition) is 3. The number of carbonyl (C=O) groups excluding carboxylic acids is 1. The monoisotopic (exact) mass is 368 g/mol. The summed E-state index contributed by atoms with van der Waals surface area (Å²) < 4.78 is 6.91. The second-order valence-corrected chi connectivity index (χ2v) is 6.33. The van der Waals surface area contributed by atoms with Crippen LogP contribution in [0.4, 0.5) is 0 Å². The van der Waals surface area contributed by atoms with Crippen molar-refractivity contribution in [2.45, 2.75) is 6.92 Å². The third-order valence-electron chi connectivity index (χ3n) is 4.48. The summed E-state index contributed by atoms with van der Waals surface area (Å²) in [7, 11) is 0. The maximum atomic E-state index is 12.2. The molecule has 1 aromatic heterocycles. The van der Waals surface area contributed by atoms with Gasteiger partial charge in [0.25, 0.3) is 0 Å². The number of aromatic nitrogens is 2.